The van der Waals surface area contributed by atoms with E-state index in [0.717, 1.165) is 48.1 Å². The summed E-state index contributed by atoms with van der Waals surface area (Å²) in [6.07, 6.45) is 2.96. The van der Waals surface area contributed by atoms with Crippen LogP contribution in [0.25, 0.3) is 11.1 Å². The highest BCUT2D eigenvalue weighted by Crippen LogP contribution is 2.30. The Kier molecular flexibility index (Phi) is 9.60. The van der Waals surface area contributed by atoms with E-state index in [0.29, 0.717) is 24.3 Å². The minimum Gasteiger partial charge on any atom is -0.492 e. The molecule has 0 radical (unpaired) electrons. The molecule has 0 unspecified atom stereocenters. The van der Waals surface area contributed by atoms with Crippen molar-refractivity contribution >= 4 is 21.7 Å². The first-order valence-corrected chi connectivity index (χ1v) is 15.5. The van der Waals surface area contributed by atoms with Crippen molar-refractivity contribution in [1.82, 2.24) is 10.2 Å². The number of ether oxygens (including phenoxy) is 1. The number of carbonyl (C=O) groups excluding carboxylic acids is 1. The van der Waals surface area contributed by atoms with Gasteiger partial charge in [-0.3, -0.25) is 9.69 Å². The molecule has 8 nitrogen and oxygen atoms in total. The second-order valence-corrected chi connectivity index (χ2v) is 12.6. The van der Waals surface area contributed by atoms with E-state index in [4.69, 9.17) is 4.74 Å². The Morgan fingerprint density at radius 2 is 1.77 bits per heavy atom. The lowest BCUT2D eigenvalue weighted by Gasteiger charge is -2.25. The minimum absolute atomic E-state index is 0.209. The average Bonchev–Trinajstić information content (AvgIpc) is 3.36. The number of hydrogen-bond acceptors (Lipinski definition) is 6. The molecule has 0 aliphatic carbocycles. The third-order valence-corrected chi connectivity index (χ3v) is 8.19. The van der Waals surface area contributed by atoms with Crippen molar-refractivity contribution in [2.75, 3.05) is 25.2 Å². The van der Waals surface area contributed by atoms with Gasteiger partial charge in [0.25, 0.3) is 5.91 Å². The van der Waals surface area contributed by atoms with Crippen LogP contribution in [0, 0.1) is 6.92 Å². The SMILES string of the molecule is Cc1ccccc1-c1cc(CN2CCC[C@@H]2COc2ccccc2)ccc1C(=O)N[C@@H](CCS(C)(=O)=O)C(=O)O. The van der Waals surface area contributed by atoms with Gasteiger partial charge in [-0.15, -0.1) is 0 Å². The van der Waals surface area contributed by atoms with Crippen molar-refractivity contribution in [3.63, 3.8) is 0 Å². The fourth-order valence-corrected chi connectivity index (χ4v) is 5.71. The Morgan fingerprint density at radius 3 is 2.48 bits per heavy atom. The van der Waals surface area contributed by atoms with Gasteiger partial charge in [0.05, 0.1) is 5.75 Å². The van der Waals surface area contributed by atoms with E-state index in [1.54, 1.807) is 6.07 Å². The van der Waals surface area contributed by atoms with Gasteiger partial charge in [-0.1, -0.05) is 48.5 Å². The molecule has 1 aliphatic heterocycles. The molecule has 3 aromatic carbocycles. The molecule has 212 valence electrons. The summed E-state index contributed by atoms with van der Waals surface area (Å²) in [5, 5.41) is 12.2. The van der Waals surface area contributed by atoms with Crippen LogP contribution in [-0.4, -0.2) is 67.5 Å². The number of nitrogens with zero attached hydrogens (tertiary/aromatic N) is 1. The number of carboxylic acids is 1. The van der Waals surface area contributed by atoms with Gasteiger partial charge < -0.3 is 15.2 Å². The molecule has 2 atom stereocenters. The van der Waals surface area contributed by atoms with Crippen LogP contribution in [0.5, 0.6) is 5.75 Å². The molecule has 0 bridgehead atoms. The summed E-state index contributed by atoms with van der Waals surface area (Å²) in [5.41, 5.74) is 3.94. The highest BCUT2D eigenvalue weighted by molar-refractivity contribution is 7.90. The fourth-order valence-electron chi connectivity index (χ4n) is 5.05. The molecule has 1 saturated heterocycles. The van der Waals surface area contributed by atoms with Gasteiger partial charge in [0.2, 0.25) is 0 Å². The van der Waals surface area contributed by atoms with E-state index in [1.807, 2.05) is 73.7 Å². The highest BCUT2D eigenvalue weighted by Gasteiger charge is 2.27. The summed E-state index contributed by atoms with van der Waals surface area (Å²) in [5.74, 6) is -1.31. The Balaban J connectivity index is 1.56. The Morgan fingerprint density at radius 1 is 1.05 bits per heavy atom. The van der Waals surface area contributed by atoms with E-state index in [2.05, 4.69) is 10.2 Å². The predicted molar refractivity (Wildman–Crippen MR) is 155 cm³/mol. The van der Waals surface area contributed by atoms with Gasteiger partial charge in [-0.2, -0.15) is 0 Å². The maximum Gasteiger partial charge on any atom is 0.326 e. The summed E-state index contributed by atoms with van der Waals surface area (Å²) >= 11 is 0. The fraction of sp³-hybridized carbons (Fsp3) is 0.355. The smallest absolute Gasteiger partial charge is 0.326 e. The van der Waals surface area contributed by atoms with Gasteiger partial charge in [-0.25, -0.2) is 13.2 Å². The molecule has 1 aliphatic rings. The average molecular weight is 565 g/mol. The summed E-state index contributed by atoms with van der Waals surface area (Å²) < 4.78 is 29.2. The molecule has 2 N–H and O–H groups in total. The monoisotopic (exact) mass is 564 g/mol. The van der Waals surface area contributed by atoms with E-state index in [1.165, 1.54) is 0 Å². The molecule has 1 heterocycles. The van der Waals surface area contributed by atoms with Crippen molar-refractivity contribution in [3.05, 3.63) is 89.5 Å². The number of nitrogens with one attached hydrogen (secondary N) is 1. The van der Waals surface area contributed by atoms with Crippen LogP contribution in [-0.2, 0) is 21.2 Å². The normalized spacial score (nSPS) is 16.4. The van der Waals surface area contributed by atoms with Crippen LogP contribution in [0.3, 0.4) is 0 Å². The van der Waals surface area contributed by atoms with Crippen LogP contribution in [0.4, 0.5) is 0 Å². The summed E-state index contributed by atoms with van der Waals surface area (Å²) in [7, 11) is -3.38. The van der Waals surface area contributed by atoms with Crippen molar-refractivity contribution in [2.45, 2.75) is 44.8 Å². The lowest BCUT2D eigenvalue weighted by Crippen LogP contribution is -2.42. The number of amides is 1. The molecule has 3 aromatic rings. The standard InChI is InChI=1S/C31H36N2O6S/c1-22-9-6-7-13-26(22)28-19-23(20-33-17-8-10-24(33)21-39-25-11-4-3-5-12-25)14-15-27(28)30(34)32-29(31(35)36)16-18-40(2,37)38/h3-7,9,11-15,19,24,29H,8,10,16-18,20-21H2,1-2H3,(H,32,34)(H,35,36)/t24-,29+/m1/s1. The van der Waals surface area contributed by atoms with Gasteiger partial charge in [0, 0.05) is 24.4 Å². The molecule has 0 saturated carbocycles. The number of para-hydroxylation sites is 1. The largest absolute Gasteiger partial charge is 0.492 e. The molecular formula is C31H36N2O6S. The maximum absolute atomic E-state index is 13.4. The first-order valence-electron chi connectivity index (χ1n) is 13.4. The second-order valence-electron chi connectivity index (χ2n) is 10.4. The third-order valence-electron chi connectivity index (χ3n) is 7.21. The first-order chi connectivity index (χ1) is 19.1. The van der Waals surface area contributed by atoms with Crippen molar-refractivity contribution in [1.29, 1.82) is 0 Å². The molecular weight excluding hydrogens is 528 g/mol. The third kappa shape index (κ3) is 7.92. The lowest BCUT2D eigenvalue weighted by molar-refractivity contribution is -0.139. The van der Waals surface area contributed by atoms with Gasteiger partial charge >= 0.3 is 5.97 Å². The number of likely N-dealkylation sites (tertiary alicyclic amines) is 1. The second kappa shape index (κ2) is 13.1. The number of sulfone groups is 1. The van der Waals surface area contributed by atoms with Gasteiger partial charge in [0.15, 0.2) is 0 Å². The quantitative estimate of drug-likeness (QED) is 0.337. The zero-order valence-electron chi connectivity index (χ0n) is 22.9. The Labute approximate surface area is 235 Å². The molecule has 9 heteroatoms. The van der Waals surface area contributed by atoms with E-state index in [9.17, 15) is 23.1 Å². The van der Waals surface area contributed by atoms with Crippen LogP contribution >= 0.6 is 0 Å². The van der Waals surface area contributed by atoms with Gasteiger partial charge in [0.1, 0.15) is 28.2 Å². The molecule has 0 aromatic heterocycles. The van der Waals surface area contributed by atoms with Crippen molar-refractivity contribution < 1.29 is 27.9 Å². The summed E-state index contributed by atoms with van der Waals surface area (Å²) in [4.78, 5) is 27.5. The number of benzene rings is 3. The van der Waals surface area contributed by atoms with E-state index in [-0.39, 0.29) is 18.2 Å². The zero-order valence-corrected chi connectivity index (χ0v) is 23.7. The number of hydrogen-bond donors (Lipinski definition) is 2. The van der Waals surface area contributed by atoms with E-state index < -0.39 is 27.8 Å². The Hall–Kier alpha value is -3.69. The summed E-state index contributed by atoms with van der Waals surface area (Å²) in [6.45, 7) is 4.20. The molecule has 4 rings (SSSR count). The highest BCUT2D eigenvalue weighted by atomic mass is 32.2. The molecule has 1 amide bonds. The number of carbonyl (C=O) groups is 2. The van der Waals surface area contributed by atoms with Crippen LogP contribution in [0.1, 0.15) is 40.7 Å². The minimum atomic E-state index is -3.38. The first kappa shape index (κ1) is 29.3. The Bertz CT molecular complexity index is 1440. The van der Waals surface area contributed by atoms with Gasteiger partial charge in [-0.05, 0) is 79.3 Å². The molecule has 1 fully saturated rings. The van der Waals surface area contributed by atoms with E-state index >= 15 is 0 Å². The molecule has 40 heavy (non-hydrogen) atoms. The number of aryl methyl sites for hydroxylation is 1. The zero-order chi connectivity index (χ0) is 28.7. The number of carboxylic acid groups (broad SMARTS) is 1. The van der Waals surface area contributed by atoms with Crippen LogP contribution in [0.15, 0.2) is 72.8 Å². The van der Waals surface area contributed by atoms with Crippen molar-refractivity contribution in [2.24, 2.45) is 0 Å². The lowest BCUT2D eigenvalue weighted by atomic mass is 9.93. The number of aliphatic carboxylic acids is 1. The molecule has 0 spiro atoms. The summed E-state index contributed by atoms with van der Waals surface area (Å²) in [6, 6.07) is 22.1. The van der Waals surface area contributed by atoms with Crippen LogP contribution in [0.2, 0.25) is 0 Å². The maximum atomic E-state index is 13.4. The van der Waals surface area contributed by atoms with Crippen molar-refractivity contribution in [3.8, 4) is 16.9 Å². The number of rotatable bonds is 12. The van der Waals surface area contributed by atoms with Crippen LogP contribution < -0.4 is 10.1 Å². The topological polar surface area (TPSA) is 113 Å². The predicted octanol–water partition coefficient (Wildman–Crippen LogP) is 4.32.